The summed E-state index contributed by atoms with van der Waals surface area (Å²) in [6.45, 7) is 5.34. The lowest BCUT2D eigenvalue weighted by molar-refractivity contribution is -0.140. The summed E-state index contributed by atoms with van der Waals surface area (Å²) >= 11 is 0. The second-order valence-corrected chi connectivity index (χ2v) is 8.91. The van der Waals surface area contributed by atoms with Gasteiger partial charge in [-0.2, -0.15) is 13.2 Å². The van der Waals surface area contributed by atoms with Crippen molar-refractivity contribution in [3.05, 3.63) is 53.7 Å². The number of rotatable bonds is 8. The van der Waals surface area contributed by atoms with Crippen LogP contribution in [0.1, 0.15) is 30.9 Å². The SMILES string of the molecule is CCN(Cc1ccc(C(F)(F)F)c(F)c1)c1ncnc2c1ccn2CC1CCN(CC(N)=O)CC1. The Balaban J connectivity index is 1.50. The number of halogens is 4. The van der Waals surface area contributed by atoms with Gasteiger partial charge in [0.05, 0.1) is 17.5 Å². The van der Waals surface area contributed by atoms with Crippen LogP contribution in [0.3, 0.4) is 0 Å². The number of hydrogen-bond acceptors (Lipinski definition) is 5. The number of likely N-dealkylation sites (tertiary alicyclic amines) is 1. The molecule has 0 unspecified atom stereocenters. The van der Waals surface area contributed by atoms with E-state index in [4.69, 9.17) is 5.73 Å². The molecule has 0 aliphatic carbocycles. The molecule has 7 nitrogen and oxygen atoms in total. The van der Waals surface area contributed by atoms with Crippen LogP contribution < -0.4 is 10.6 Å². The van der Waals surface area contributed by atoms with Crippen molar-refractivity contribution in [2.24, 2.45) is 11.7 Å². The highest BCUT2D eigenvalue weighted by atomic mass is 19.4. The molecular weight excluding hydrogens is 464 g/mol. The summed E-state index contributed by atoms with van der Waals surface area (Å²) < 4.78 is 54.9. The molecule has 0 atom stereocenters. The van der Waals surface area contributed by atoms with Crippen LogP contribution in [0, 0.1) is 11.7 Å². The minimum Gasteiger partial charge on any atom is -0.369 e. The van der Waals surface area contributed by atoms with E-state index in [-0.39, 0.29) is 19.0 Å². The van der Waals surface area contributed by atoms with Crippen molar-refractivity contribution in [3.63, 3.8) is 0 Å². The molecule has 2 N–H and O–H groups in total. The van der Waals surface area contributed by atoms with Gasteiger partial charge in [0.1, 0.15) is 23.6 Å². The maximum Gasteiger partial charge on any atom is 0.419 e. The van der Waals surface area contributed by atoms with E-state index in [1.54, 1.807) is 0 Å². The fourth-order valence-corrected chi connectivity index (χ4v) is 4.66. The lowest BCUT2D eigenvalue weighted by atomic mass is 9.96. The number of hydrogen-bond donors (Lipinski definition) is 1. The Kier molecular flexibility index (Phi) is 7.25. The van der Waals surface area contributed by atoms with Crippen LogP contribution in [0.15, 0.2) is 36.8 Å². The van der Waals surface area contributed by atoms with Crippen LogP contribution >= 0.6 is 0 Å². The highest BCUT2D eigenvalue weighted by molar-refractivity contribution is 5.87. The Hall–Kier alpha value is -3.21. The molecule has 3 heterocycles. The van der Waals surface area contributed by atoms with Crippen LogP contribution in [0.2, 0.25) is 0 Å². The summed E-state index contributed by atoms with van der Waals surface area (Å²) in [5.74, 6) is -0.520. The lowest BCUT2D eigenvalue weighted by Gasteiger charge is -2.31. The molecule has 2 aromatic heterocycles. The zero-order valence-electron chi connectivity index (χ0n) is 19.4. The van der Waals surface area contributed by atoms with Gasteiger partial charge in [-0.05, 0) is 62.5 Å². The van der Waals surface area contributed by atoms with Gasteiger partial charge in [0.15, 0.2) is 0 Å². The monoisotopic (exact) mass is 492 g/mol. The number of aromatic nitrogens is 3. The van der Waals surface area contributed by atoms with Gasteiger partial charge >= 0.3 is 6.18 Å². The first-order valence-electron chi connectivity index (χ1n) is 11.6. The van der Waals surface area contributed by atoms with Gasteiger partial charge < -0.3 is 15.2 Å². The first-order valence-corrected chi connectivity index (χ1v) is 11.6. The number of primary amides is 1. The van der Waals surface area contributed by atoms with Gasteiger partial charge in [-0.15, -0.1) is 0 Å². The fourth-order valence-electron chi connectivity index (χ4n) is 4.66. The van der Waals surface area contributed by atoms with Gasteiger partial charge in [0.2, 0.25) is 5.91 Å². The minimum absolute atomic E-state index is 0.209. The van der Waals surface area contributed by atoms with Gasteiger partial charge in [0.25, 0.3) is 0 Å². The molecule has 1 aliphatic heterocycles. The van der Waals surface area contributed by atoms with Crippen molar-refractivity contribution < 1.29 is 22.4 Å². The molecule has 0 bridgehead atoms. The number of carbonyl (C=O) groups is 1. The summed E-state index contributed by atoms with van der Waals surface area (Å²) in [7, 11) is 0. The Morgan fingerprint density at radius 1 is 1.20 bits per heavy atom. The van der Waals surface area contributed by atoms with Gasteiger partial charge in [-0.1, -0.05) is 6.07 Å². The topological polar surface area (TPSA) is 80.3 Å². The van der Waals surface area contributed by atoms with E-state index in [0.29, 0.717) is 23.8 Å². The second kappa shape index (κ2) is 10.2. The molecule has 0 spiro atoms. The van der Waals surface area contributed by atoms with E-state index in [1.165, 1.54) is 12.4 Å². The molecule has 1 fully saturated rings. The van der Waals surface area contributed by atoms with Crippen molar-refractivity contribution in [3.8, 4) is 0 Å². The summed E-state index contributed by atoms with van der Waals surface area (Å²) in [5, 5.41) is 0.827. The third-order valence-electron chi connectivity index (χ3n) is 6.47. The quantitative estimate of drug-likeness (QED) is 0.484. The molecule has 0 radical (unpaired) electrons. The van der Waals surface area contributed by atoms with Gasteiger partial charge in [0, 0.05) is 25.8 Å². The molecule has 4 rings (SSSR count). The number of amides is 1. The fraction of sp³-hybridized carbons (Fsp3) is 0.458. The number of anilines is 1. The largest absolute Gasteiger partial charge is 0.419 e. The van der Waals surface area contributed by atoms with E-state index in [1.807, 2.05) is 24.1 Å². The van der Waals surface area contributed by atoms with Crippen LogP contribution in [0.25, 0.3) is 11.0 Å². The molecule has 1 aliphatic rings. The Bertz CT molecular complexity index is 1190. The van der Waals surface area contributed by atoms with E-state index in [9.17, 15) is 22.4 Å². The molecule has 0 saturated carbocycles. The molecule has 35 heavy (non-hydrogen) atoms. The molecule has 3 aromatic rings. The second-order valence-electron chi connectivity index (χ2n) is 8.91. The maximum atomic E-state index is 14.1. The number of piperidine rings is 1. The highest BCUT2D eigenvalue weighted by Gasteiger charge is 2.34. The average molecular weight is 493 g/mol. The molecular formula is C24H28F4N6O. The molecule has 1 saturated heterocycles. The smallest absolute Gasteiger partial charge is 0.369 e. The first kappa shape index (κ1) is 24.9. The number of nitrogens with two attached hydrogens (primary N) is 1. The van der Waals surface area contributed by atoms with Crippen molar-refractivity contribution in [1.82, 2.24) is 19.4 Å². The zero-order valence-corrected chi connectivity index (χ0v) is 19.4. The Morgan fingerprint density at radius 2 is 1.94 bits per heavy atom. The highest BCUT2D eigenvalue weighted by Crippen LogP contribution is 2.32. The van der Waals surface area contributed by atoms with Gasteiger partial charge in [-0.3, -0.25) is 9.69 Å². The van der Waals surface area contributed by atoms with Crippen molar-refractivity contribution in [2.75, 3.05) is 31.1 Å². The van der Waals surface area contributed by atoms with E-state index < -0.39 is 17.6 Å². The summed E-state index contributed by atoms with van der Waals surface area (Å²) in [6.07, 6.45) is 0.605. The predicted molar refractivity (Wildman–Crippen MR) is 124 cm³/mol. The van der Waals surface area contributed by atoms with Crippen molar-refractivity contribution in [2.45, 2.75) is 39.0 Å². The number of fused-ring (bicyclic) bond motifs is 1. The standard InChI is InChI=1S/C24H28F4N6O/c1-2-33(13-17-3-4-19(20(25)11-17)24(26,27)28)22-18-7-10-34(23(18)31-15-30-22)12-16-5-8-32(9-6-16)14-21(29)35/h3-4,7,10-11,15-16H,2,5-6,8-9,12-14H2,1H3,(H2,29,35). The molecule has 1 amide bonds. The summed E-state index contributed by atoms with van der Waals surface area (Å²) in [4.78, 5) is 24.0. The normalized spacial score (nSPS) is 15.6. The summed E-state index contributed by atoms with van der Waals surface area (Å²) in [6, 6.07) is 4.94. The zero-order chi connectivity index (χ0) is 25.2. The number of carbonyl (C=O) groups excluding carboxylic acids is 1. The van der Waals surface area contributed by atoms with E-state index >= 15 is 0 Å². The average Bonchev–Trinajstić information content (AvgIpc) is 3.20. The van der Waals surface area contributed by atoms with Crippen LogP contribution in [0.5, 0.6) is 0 Å². The number of nitrogens with zero attached hydrogens (tertiary/aromatic N) is 5. The van der Waals surface area contributed by atoms with Crippen LogP contribution in [-0.4, -0.2) is 51.5 Å². The lowest BCUT2D eigenvalue weighted by Crippen LogP contribution is -2.40. The van der Waals surface area contributed by atoms with Crippen molar-refractivity contribution in [1.29, 1.82) is 0 Å². The predicted octanol–water partition coefficient (Wildman–Crippen LogP) is 3.81. The molecule has 188 valence electrons. The maximum absolute atomic E-state index is 14.1. The first-order chi connectivity index (χ1) is 16.7. The van der Waals surface area contributed by atoms with Crippen LogP contribution in [-0.2, 0) is 24.1 Å². The summed E-state index contributed by atoms with van der Waals surface area (Å²) in [5.41, 5.74) is 5.21. The third-order valence-corrected chi connectivity index (χ3v) is 6.47. The minimum atomic E-state index is -4.73. The number of benzene rings is 1. The Labute approximate surface area is 200 Å². The van der Waals surface area contributed by atoms with Crippen molar-refractivity contribution >= 4 is 22.8 Å². The molecule has 11 heteroatoms. The number of alkyl halides is 3. The van der Waals surface area contributed by atoms with E-state index in [0.717, 1.165) is 55.6 Å². The third kappa shape index (κ3) is 5.72. The van der Waals surface area contributed by atoms with Gasteiger partial charge in [-0.25, -0.2) is 14.4 Å². The van der Waals surface area contributed by atoms with E-state index in [2.05, 4.69) is 19.4 Å². The van der Waals surface area contributed by atoms with Crippen LogP contribution in [0.4, 0.5) is 23.4 Å². The molecule has 1 aromatic carbocycles. The Morgan fingerprint density at radius 3 is 2.57 bits per heavy atom.